The first-order valence-electron chi connectivity index (χ1n) is 12.4. The van der Waals surface area contributed by atoms with E-state index in [-0.39, 0.29) is 16.9 Å². The third-order valence-corrected chi connectivity index (χ3v) is 8.71. The molecule has 2 aliphatic rings. The number of benzene rings is 1. The minimum absolute atomic E-state index is 0.0470. The van der Waals surface area contributed by atoms with Gasteiger partial charge in [-0.1, -0.05) is 27.2 Å². The highest BCUT2D eigenvalue weighted by Crippen LogP contribution is 2.44. The van der Waals surface area contributed by atoms with Crippen LogP contribution in [-0.4, -0.2) is 21.4 Å². The van der Waals surface area contributed by atoms with E-state index in [0.29, 0.717) is 39.5 Å². The predicted molar refractivity (Wildman–Crippen MR) is 139 cm³/mol. The second-order valence-corrected chi connectivity index (χ2v) is 12.0. The normalized spacial score (nSPS) is 18.0. The van der Waals surface area contributed by atoms with Crippen LogP contribution in [0.5, 0.6) is 0 Å². The Bertz CT molecular complexity index is 1400. The van der Waals surface area contributed by atoms with E-state index in [9.17, 15) is 14.4 Å². The monoisotopic (exact) mass is 492 g/mol. The van der Waals surface area contributed by atoms with Crippen molar-refractivity contribution in [2.75, 3.05) is 5.32 Å². The molecule has 0 spiro atoms. The zero-order valence-electron chi connectivity index (χ0n) is 20.6. The van der Waals surface area contributed by atoms with Crippen LogP contribution < -0.4 is 16.6 Å². The topological polar surface area (TPSA) is 107 Å². The number of primary amides is 1. The number of amides is 2. The first-order valence-corrected chi connectivity index (χ1v) is 13.2. The molecule has 1 aliphatic carbocycles. The van der Waals surface area contributed by atoms with Crippen molar-refractivity contribution in [2.45, 2.75) is 72.3 Å². The van der Waals surface area contributed by atoms with Gasteiger partial charge in [0.15, 0.2) is 0 Å². The number of thiophene rings is 1. The van der Waals surface area contributed by atoms with Crippen LogP contribution >= 0.6 is 11.3 Å². The lowest BCUT2D eigenvalue weighted by atomic mass is 9.72. The molecule has 3 aromatic rings. The summed E-state index contributed by atoms with van der Waals surface area (Å²) in [4.78, 5) is 44.5. The number of hydrogen-bond acceptors (Lipinski definition) is 5. The minimum Gasteiger partial charge on any atom is -0.365 e. The van der Waals surface area contributed by atoms with Gasteiger partial charge in [0.05, 0.1) is 16.5 Å². The van der Waals surface area contributed by atoms with E-state index in [2.05, 4.69) is 26.1 Å². The highest BCUT2D eigenvalue weighted by molar-refractivity contribution is 7.17. The standard InChI is InChI=1S/C27H32N4O3S/c1-27(2,3)16-9-11-18-20(14-16)35-25(22(18)23(28)32)30-24(33)15-8-10-17-19(13-15)29-21-7-5-4-6-12-31(21)26(17)34/h8,10,13,16H,4-7,9,11-12,14H2,1-3H3,(H2,28,32)(H,30,33)/t16-/m0/s1. The first-order chi connectivity index (χ1) is 16.6. The molecular weight excluding hydrogens is 460 g/mol. The van der Waals surface area contributed by atoms with Crippen LogP contribution in [0, 0.1) is 11.3 Å². The Balaban J connectivity index is 1.47. The van der Waals surface area contributed by atoms with E-state index in [0.717, 1.165) is 61.2 Å². The summed E-state index contributed by atoms with van der Waals surface area (Å²) in [5, 5.41) is 3.97. The number of nitrogens with zero attached hydrogens (tertiary/aromatic N) is 2. The van der Waals surface area contributed by atoms with Gasteiger partial charge in [0.1, 0.15) is 10.8 Å². The summed E-state index contributed by atoms with van der Waals surface area (Å²) < 4.78 is 1.77. The number of aryl methyl sites for hydroxylation is 1. The molecule has 35 heavy (non-hydrogen) atoms. The molecule has 7 nitrogen and oxygen atoms in total. The molecular formula is C27H32N4O3S. The molecule has 0 bridgehead atoms. The molecule has 0 unspecified atom stereocenters. The van der Waals surface area contributed by atoms with Gasteiger partial charge in [0.25, 0.3) is 17.4 Å². The van der Waals surface area contributed by atoms with Crippen molar-refractivity contribution in [3.05, 3.63) is 55.9 Å². The van der Waals surface area contributed by atoms with Crippen LogP contribution in [0.25, 0.3) is 10.9 Å². The summed E-state index contributed by atoms with van der Waals surface area (Å²) in [5.74, 6) is 0.451. The zero-order chi connectivity index (χ0) is 24.9. The van der Waals surface area contributed by atoms with Gasteiger partial charge in [0, 0.05) is 23.4 Å². The fourth-order valence-electron chi connectivity index (χ4n) is 5.41. The third-order valence-electron chi connectivity index (χ3n) is 7.54. The smallest absolute Gasteiger partial charge is 0.261 e. The number of carbonyl (C=O) groups is 2. The predicted octanol–water partition coefficient (Wildman–Crippen LogP) is 4.69. The van der Waals surface area contributed by atoms with Crippen molar-refractivity contribution in [1.29, 1.82) is 0 Å². The van der Waals surface area contributed by atoms with E-state index >= 15 is 0 Å². The minimum atomic E-state index is -0.511. The number of nitrogens with one attached hydrogen (secondary N) is 1. The number of anilines is 1. The average Bonchev–Trinajstić information content (AvgIpc) is 2.99. The maximum Gasteiger partial charge on any atom is 0.261 e. The molecule has 3 heterocycles. The van der Waals surface area contributed by atoms with Gasteiger partial charge in [0.2, 0.25) is 0 Å². The molecule has 184 valence electrons. The van der Waals surface area contributed by atoms with Crippen LogP contribution in [0.3, 0.4) is 0 Å². The number of carbonyl (C=O) groups excluding carboxylic acids is 2. The van der Waals surface area contributed by atoms with Crippen LogP contribution in [0.15, 0.2) is 23.0 Å². The Morgan fingerprint density at radius 1 is 1.17 bits per heavy atom. The summed E-state index contributed by atoms with van der Waals surface area (Å²) >= 11 is 1.46. The van der Waals surface area contributed by atoms with Gasteiger partial charge in [-0.25, -0.2) is 4.98 Å². The van der Waals surface area contributed by atoms with Crippen LogP contribution in [0.4, 0.5) is 5.00 Å². The van der Waals surface area contributed by atoms with E-state index in [4.69, 9.17) is 10.7 Å². The molecule has 1 aliphatic heterocycles. The second-order valence-electron chi connectivity index (χ2n) is 10.9. The molecule has 0 radical (unpaired) electrons. The Hall–Kier alpha value is -3.00. The maximum absolute atomic E-state index is 13.2. The van der Waals surface area contributed by atoms with E-state index in [1.54, 1.807) is 22.8 Å². The summed E-state index contributed by atoms with van der Waals surface area (Å²) in [7, 11) is 0. The molecule has 0 fully saturated rings. The average molecular weight is 493 g/mol. The maximum atomic E-state index is 13.2. The second kappa shape index (κ2) is 8.90. The lowest BCUT2D eigenvalue weighted by Gasteiger charge is -2.33. The molecule has 3 N–H and O–H groups in total. The summed E-state index contributed by atoms with van der Waals surface area (Å²) in [5.41, 5.74) is 8.23. The summed E-state index contributed by atoms with van der Waals surface area (Å²) in [6.45, 7) is 7.42. The fraction of sp³-hybridized carbons (Fsp3) is 0.481. The molecule has 1 aromatic carbocycles. The van der Waals surface area contributed by atoms with Crippen molar-refractivity contribution in [2.24, 2.45) is 17.1 Å². The highest BCUT2D eigenvalue weighted by Gasteiger charge is 2.33. The Morgan fingerprint density at radius 3 is 2.71 bits per heavy atom. The number of rotatable bonds is 3. The third kappa shape index (κ3) is 4.40. The highest BCUT2D eigenvalue weighted by atomic mass is 32.1. The number of fused-ring (bicyclic) bond motifs is 3. The lowest BCUT2D eigenvalue weighted by Crippen LogP contribution is -2.27. The number of aromatic nitrogens is 2. The quantitative estimate of drug-likeness (QED) is 0.553. The molecule has 8 heteroatoms. The van der Waals surface area contributed by atoms with Crippen molar-refractivity contribution in [3.8, 4) is 0 Å². The summed E-state index contributed by atoms with van der Waals surface area (Å²) in [6.07, 6.45) is 6.50. The molecule has 0 saturated heterocycles. The van der Waals surface area contributed by atoms with E-state index in [1.165, 1.54) is 11.3 Å². The Labute approximate surface area is 208 Å². The van der Waals surface area contributed by atoms with Crippen LogP contribution in [0.1, 0.15) is 83.4 Å². The van der Waals surface area contributed by atoms with Crippen LogP contribution in [-0.2, 0) is 25.8 Å². The Morgan fingerprint density at radius 2 is 1.97 bits per heavy atom. The van der Waals surface area contributed by atoms with E-state index < -0.39 is 5.91 Å². The van der Waals surface area contributed by atoms with Gasteiger partial charge in [-0.05, 0) is 67.2 Å². The SMILES string of the molecule is CC(C)(C)[C@H]1CCc2c(sc(NC(=O)c3ccc4c(=O)n5c(nc4c3)CCCCC5)c2C(N)=O)C1. The van der Waals surface area contributed by atoms with Crippen molar-refractivity contribution >= 4 is 39.1 Å². The lowest BCUT2D eigenvalue weighted by molar-refractivity contribution is 0.1000. The van der Waals surface area contributed by atoms with Crippen molar-refractivity contribution in [3.63, 3.8) is 0 Å². The first kappa shape index (κ1) is 23.7. The Kier molecular flexibility index (Phi) is 6.03. The van der Waals surface area contributed by atoms with Gasteiger partial charge in [-0.2, -0.15) is 0 Å². The molecule has 1 atom stereocenters. The molecule has 5 rings (SSSR count). The van der Waals surface area contributed by atoms with Gasteiger partial charge < -0.3 is 11.1 Å². The van der Waals surface area contributed by atoms with Gasteiger partial charge in [-0.3, -0.25) is 19.0 Å². The number of nitrogens with two attached hydrogens (primary N) is 1. The molecule has 2 amide bonds. The van der Waals surface area contributed by atoms with Gasteiger partial charge in [-0.15, -0.1) is 11.3 Å². The summed E-state index contributed by atoms with van der Waals surface area (Å²) in [6, 6.07) is 5.00. The van der Waals surface area contributed by atoms with E-state index in [1.807, 2.05) is 0 Å². The fourth-order valence-corrected chi connectivity index (χ4v) is 6.74. The zero-order valence-corrected chi connectivity index (χ0v) is 21.4. The number of hydrogen-bond donors (Lipinski definition) is 2. The van der Waals surface area contributed by atoms with Gasteiger partial charge >= 0.3 is 0 Å². The van der Waals surface area contributed by atoms with Crippen LogP contribution in [0.2, 0.25) is 0 Å². The largest absolute Gasteiger partial charge is 0.365 e. The molecule has 0 saturated carbocycles. The molecule has 2 aromatic heterocycles. The van der Waals surface area contributed by atoms with Crippen molar-refractivity contribution in [1.82, 2.24) is 9.55 Å². The van der Waals surface area contributed by atoms with Crippen molar-refractivity contribution < 1.29 is 9.59 Å².